The fourth-order valence-corrected chi connectivity index (χ4v) is 2.11. The summed E-state index contributed by atoms with van der Waals surface area (Å²) in [6.07, 6.45) is 2.46. The molecular formula is C12H27N5. The zero-order chi connectivity index (χ0) is 12.5. The Kier molecular flexibility index (Phi) is 6.96. The molecule has 100 valence electrons. The monoisotopic (exact) mass is 241 g/mol. The Bertz CT molecular complexity index is 229. The van der Waals surface area contributed by atoms with Crippen molar-refractivity contribution in [3.63, 3.8) is 0 Å². The highest BCUT2D eigenvalue weighted by Gasteiger charge is 2.10. The first kappa shape index (κ1) is 14.3. The largest absolute Gasteiger partial charge is 0.359 e. The molecule has 0 radical (unpaired) electrons. The van der Waals surface area contributed by atoms with Crippen molar-refractivity contribution < 1.29 is 0 Å². The van der Waals surface area contributed by atoms with Gasteiger partial charge in [-0.3, -0.25) is 4.99 Å². The number of aliphatic imine (C=N–C) groups is 1. The van der Waals surface area contributed by atoms with Gasteiger partial charge in [-0.1, -0.05) is 0 Å². The number of nitrogens with zero attached hydrogens (tertiary/aromatic N) is 3. The molecule has 0 amide bonds. The second kappa shape index (κ2) is 8.31. The number of guanidine groups is 1. The Morgan fingerprint density at radius 3 is 2.76 bits per heavy atom. The fraction of sp³-hybridized carbons (Fsp3) is 0.917. The van der Waals surface area contributed by atoms with Crippen molar-refractivity contribution >= 4 is 5.96 Å². The van der Waals surface area contributed by atoms with Crippen LogP contribution in [0.3, 0.4) is 0 Å². The summed E-state index contributed by atoms with van der Waals surface area (Å²) in [6, 6.07) is 0. The molecule has 0 unspecified atom stereocenters. The van der Waals surface area contributed by atoms with Gasteiger partial charge in [0, 0.05) is 33.7 Å². The van der Waals surface area contributed by atoms with E-state index in [1.165, 1.54) is 45.6 Å². The van der Waals surface area contributed by atoms with Gasteiger partial charge < -0.3 is 20.4 Å². The third kappa shape index (κ3) is 5.89. The van der Waals surface area contributed by atoms with E-state index in [0.717, 1.165) is 12.5 Å². The average Bonchev–Trinajstić information content (AvgIpc) is 2.55. The minimum absolute atomic E-state index is 0.876. The van der Waals surface area contributed by atoms with Gasteiger partial charge in [-0.2, -0.15) is 0 Å². The van der Waals surface area contributed by atoms with E-state index in [9.17, 15) is 0 Å². The minimum atomic E-state index is 0.876. The summed E-state index contributed by atoms with van der Waals surface area (Å²) in [7, 11) is 5.89. The van der Waals surface area contributed by atoms with Gasteiger partial charge in [-0.25, -0.2) is 0 Å². The second-order valence-corrected chi connectivity index (χ2v) is 4.60. The molecule has 17 heavy (non-hydrogen) atoms. The molecule has 1 aliphatic rings. The van der Waals surface area contributed by atoms with Crippen LogP contribution in [0.1, 0.15) is 12.8 Å². The maximum absolute atomic E-state index is 4.09. The van der Waals surface area contributed by atoms with Crippen molar-refractivity contribution in [3.8, 4) is 0 Å². The van der Waals surface area contributed by atoms with Gasteiger partial charge in [-0.15, -0.1) is 0 Å². The molecule has 0 atom stereocenters. The van der Waals surface area contributed by atoms with Gasteiger partial charge in [-0.05, 0) is 39.5 Å². The first-order valence-corrected chi connectivity index (χ1v) is 6.55. The van der Waals surface area contributed by atoms with Gasteiger partial charge in [0.15, 0.2) is 5.96 Å². The fourth-order valence-electron chi connectivity index (χ4n) is 2.11. The molecule has 0 aliphatic carbocycles. The van der Waals surface area contributed by atoms with Crippen LogP contribution in [0.15, 0.2) is 4.99 Å². The second-order valence-electron chi connectivity index (χ2n) is 4.60. The molecule has 1 rings (SSSR count). The summed E-state index contributed by atoms with van der Waals surface area (Å²) in [5.74, 6) is 0.876. The lowest BCUT2D eigenvalue weighted by Gasteiger charge is -2.20. The predicted molar refractivity (Wildman–Crippen MR) is 73.6 cm³/mol. The zero-order valence-electron chi connectivity index (χ0n) is 11.5. The number of likely N-dealkylation sites (N-methyl/N-ethyl adjacent to an activating group) is 1. The van der Waals surface area contributed by atoms with Gasteiger partial charge in [0.2, 0.25) is 0 Å². The van der Waals surface area contributed by atoms with Crippen LogP contribution in [0.4, 0.5) is 0 Å². The molecule has 0 aromatic heterocycles. The van der Waals surface area contributed by atoms with Crippen molar-refractivity contribution in [2.75, 3.05) is 60.4 Å². The normalized spacial score (nSPS) is 20.1. The third-order valence-electron chi connectivity index (χ3n) is 3.22. The first-order chi connectivity index (χ1) is 8.26. The summed E-state index contributed by atoms with van der Waals surface area (Å²) in [5.41, 5.74) is 0. The predicted octanol–water partition coefficient (Wildman–Crippen LogP) is -0.191. The smallest absolute Gasteiger partial charge is 0.190 e. The van der Waals surface area contributed by atoms with E-state index >= 15 is 0 Å². The zero-order valence-corrected chi connectivity index (χ0v) is 11.5. The topological polar surface area (TPSA) is 42.9 Å². The van der Waals surface area contributed by atoms with Crippen molar-refractivity contribution in [2.45, 2.75) is 12.8 Å². The molecule has 2 N–H and O–H groups in total. The molecule has 5 heteroatoms. The Hall–Kier alpha value is -0.810. The van der Waals surface area contributed by atoms with Gasteiger partial charge >= 0.3 is 0 Å². The highest BCUT2D eigenvalue weighted by Crippen LogP contribution is 2.01. The van der Waals surface area contributed by atoms with Crippen molar-refractivity contribution in [1.82, 2.24) is 20.4 Å². The van der Waals surface area contributed by atoms with E-state index in [2.05, 4.69) is 32.5 Å². The minimum Gasteiger partial charge on any atom is -0.359 e. The maximum Gasteiger partial charge on any atom is 0.190 e. The quantitative estimate of drug-likeness (QED) is 0.407. The summed E-state index contributed by atoms with van der Waals surface area (Å²) in [6.45, 7) is 7.05. The van der Waals surface area contributed by atoms with Crippen LogP contribution < -0.4 is 10.6 Å². The molecule has 1 saturated heterocycles. The van der Waals surface area contributed by atoms with E-state index in [4.69, 9.17) is 0 Å². The van der Waals surface area contributed by atoms with Gasteiger partial charge in [0.25, 0.3) is 0 Å². The van der Waals surface area contributed by atoms with Crippen LogP contribution in [0.5, 0.6) is 0 Å². The van der Waals surface area contributed by atoms with Crippen LogP contribution in [-0.4, -0.2) is 76.2 Å². The highest BCUT2D eigenvalue weighted by molar-refractivity contribution is 5.79. The highest BCUT2D eigenvalue weighted by atomic mass is 15.2. The lowest BCUT2D eigenvalue weighted by Crippen LogP contribution is -2.37. The lowest BCUT2D eigenvalue weighted by atomic mass is 10.3. The van der Waals surface area contributed by atoms with E-state index in [1.54, 1.807) is 7.05 Å². The molecule has 0 aromatic rings. The molecule has 1 heterocycles. The Morgan fingerprint density at radius 1 is 1.24 bits per heavy atom. The SMILES string of the molecule is CN=C(NC)NCCCN1CCCN(C)CC1. The molecular weight excluding hydrogens is 214 g/mol. The summed E-state index contributed by atoms with van der Waals surface area (Å²) in [4.78, 5) is 9.07. The number of hydrogen-bond acceptors (Lipinski definition) is 3. The molecule has 1 aliphatic heterocycles. The van der Waals surface area contributed by atoms with E-state index in [-0.39, 0.29) is 0 Å². The summed E-state index contributed by atoms with van der Waals surface area (Å²) < 4.78 is 0. The van der Waals surface area contributed by atoms with Crippen molar-refractivity contribution in [2.24, 2.45) is 4.99 Å². The third-order valence-corrected chi connectivity index (χ3v) is 3.22. The van der Waals surface area contributed by atoms with E-state index in [1.807, 2.05) is 7.05 Å². The van der Waals surface area contributed by atoms with Crippen molar-refractivity contribution in [3.05, 3.63) is 0 Å². The molecule has 0 bridgehead atoms. The standard InChI is InChI=1S/C12H27N5/c1-13-12(14-2)15-6-4-8-17-9-5-7-16(3)10-11-17/h4-11H2,1-3H3,(H2,13,14,15). The van der Waals surface area contributed by atoms with Crippen LogP contribution in [-0.2, 0) is 0 Å². The van der Waals surface area contributed by atoms with Gasteiger partial charge in [0.1, 0.15) is 0 Å². The molecule has 5 nitrogen and oxygen atoms in total. The molecule has 0 saturated carbocycles. The van der Waals surface area contributed by atoms with E-state index < -0.39 is 0 Å². The average molecular weight is 241 g/mol. The van der Waals surface area contributed by atoms with E-state index in [0.29, 0.717) is 0 Å². The van der Waals surface area contributed by atoms with Crippen LogP contribution in [0, 0.1) is 0 Å². The molecule has 0 aromatic carbocycles. The van der Waals surface area contributed by atoms with Crippen molar-refractivity contribution in [1.29, 1.82) is 0 Å². The number of rotatable bonds is 4. The number of nitrogens with one attached hydrogen (secondary N) is 2. The summed E-state index contributed by atoms with van der Waals surface area (Å²) >= 11 is 0. The summed E-state index contributed by atoms with van der Waals surface area (Å²) in [5, 5.41) is 6.31. The van der Waals surface area contributed by atoms with Crippen LogP contribution in [0.2, 0.25) is 0 Å². The first-order valence-electron chi connectivity index (χ1n) is 6.55. The van der Waals surface area contributed by atoms with Gasteiger partial charge in [0.05, 0.1) is 0 Å². The number of hydrogen-bond donors (Lipinski definition) is 2. The van der Waals surface area contributed by atoms with Crippen LogP contribution >= 0.6 is 0 Å². The Balaban J connectivity index is 2.09. The Labute approximate surface area is 105 Å². The lowest BCUT2D eigenvalue weighted by molar-refractivity contribution is 0.274. The Morgan fingerprint density at radius 2 is 2.06 bits per heavy atom. The maximum atomic E-state index is 4.09. The molecule has 0 spiro atoms. The van der Waals surface area contributed by atoms with Crippen LogP contribution in [0.25, 0.3) is 0 Å². The molecule has 1 fully saturated rings.